The SMILES string of the molecule is CC(C)c1ccc(OCC(=O)Nc2cc(C(=O)N(C(C)C)C(C)C)cn(C)c2=O)cc1. The lowest BCUT2D eigenvalue weighted by atomic mass is 10.0. The van der Waals surface area contributed by atoms with E-state index in [0.29, 0.717) is 17.2 Å². The van der Waals surface area contributed by atoms with Crippen LogP contribution in [0.1, 0.15) is 63.4 Å². The summed E-state index contributed by atoms with van der Waals surface area (Å²) in [5, 5.41) is 2.58. The Kier molecular flexibility index (Phi) is 8.02. The molecule has 1 heterocycles. The lowest BCUT2D eigenvalue weighted by Gasteiger charge is -2.31. The normalized spacial score (nSPS) is 11.2. The van der Waals surface area contributed by atoms with E-state index >= 15 is 0 Å². The Balaban J connectivity index is 2.14. The van der Waals surface area contributed by atoms with Gasteiger partial charge in [-0.3, -0.25) is 14.4 Å². The highest BCUT2D eigenvalue weighted by Crippen LogP contribution is 2.19. The number of hydrogen-bond donors (Lipinski definition) is 1. The summed E-state index contributed by atoms with van der Waals surface area (Å²) in [4.78, 5) is 39.6. The van der Waals surface area contributed by atoms with Crippen LogP contribution >= 0.6 is 0 Å². The molecule has 0 aliphatic carbocycles. The average molecular weight is 428 g/mol. The fraction of sp³-hybridized carbons (Fsp3) is 0.458. The third kappa shape index (κ3) is 6.20. The molecule has 7 heteroatoms. The molecule has 1 aromatic heterocycles. The van der Waals surface area contributed by atoms with Crippen molar-refractivity contribution in [1.29, 1.82) is 0 Å². The molecule has 0 unspecified atom stereocenters. The van der Waals surface area contributed by atoms with E-state index in [0.717, 1.165) is 0 Å². The van der Waals surface area contributed by atoms with E-state index in [9.17, 15) is 14.4 Å². The van der Waals surface area contributed by atoms with E-state index in [2.05, 4.69) is 19.2 Å². The van der Waals surface area contributed by atoms with Crippen LogP contribution in [0, 0.1) is 0 Å². The Morgan fingerprint density at radius 3 is 2.13 bits per heavy atom. The molecule has 0 bridgehead atoms. The molecule has 0 aliphatic rings. The molecule has 1 aromatic carbocycles. The lowest BCUT2D eigenvalue weighted by molar-refractivity contribution is -0.118. The summed E-state index contributed by atoms with van der Waals surface area (Å²) in [5.74, 6) is 0.309. The fourth-order valence-electron chi connectivity index (χ4n) is 3.42. The van der Waals surface area contributed by atoms with Crippen molar-refractivity contribution in [2.24, 2.45) is 7.05 Å². The summed E-state index contributed by atoms with van der Waals surface area (Å²) in [6.45, 7) is 11.7. The van der Waals surface area contributed by atoms with Crippen LogP contribution < -0.4 is 15.6 Å². The molecular weight excluding hydrogens is 394 g/mol. The maximum absolute atomic E-state index is 13.0. The highest BCUT2D eigenvalue weighted by molar-refractivity contribution is 5.97. The molecule has 0 saturated heterocycles. The summed E-state index contributed by atoms with van der Waals surface area (Å²) >= 11 is 0. The molecular formula is C24H33N3O4. The van der Waals surface area contributed by atoms with Crippen LogP contribution in [0.2, 0.25) is 0 Å². The van der Waals surface area contributed by atoms with Crippen molar-refractivity contribution in [2.45, 2.75) is 59.5 Å². The van der Waals surface area contributed by atoms with Crippen LogP contribution in [0.3, 0.4) is 0 Å². The highest BCUT2D eigenvalue weighted by Gasteiger charge is 2.23. The first-order valence-corrected chi connectivity index (χ1v) is 10.6. The predicted octanol–water partition coefficient (Wildman–Crippen LogP) is 3.79. The Labute approximate surface area is 184 Å². The number of anilines is 1. The number of carbonyl (C=O) groups is 2. The molecule has 2 aromatic rings. The van der Waals surface area contributed by atoms with Gasteiger partial charge in [0.25, 0.3) is 17.4 Å². The van der Waals surface area contributed by atoms with Gasteiger partial charge in [0, 0.05) is 25.3 Å². The largest absolute Gasteiger partial charge is 0.484 e. The average Bonchev–Trinajstić information content (AvgIpc) is 2.69. The Morgan fingerprint density at radius 1 is 1.03 bits per heavy atom. The zero-order chi connectivity index (χ0) is 23.3. The summed E-state index contributed by atoms with van der Waals surface area (Å²) in [7, 11) is 1.55. The van der Waals surface area contributed by atoms with Gasteiger partial charge >= 0.3 is 0 Å². The zero-order valence-corrected chi connectivity index (χ0v) is 19.4. The summed E-state index contributed by atoms with van der Waals surface area (Å²) in [5.41, 5.74) is 1.17. The van der Waals surface area contributed by atoms with Crippen LogP contribution in [0.5, 0.6) is 5.75 Å². The lowest BCUT2D eigenvalue weighted by Crippen LogP contribution is -2.42. The molecule has 2 amide bonds. The molecule has 31 heavy (non-hydrogen) atoms. The second-order valence-electron chi connectivity index (χ2n) is 8.52. The molecule has 0 atom stereocenters. The molecule has 0 aliphatic heterocycles. The zero-order valence-electron chi connectivity index (χ0n) is 19.4. The first-order valence-electron chi connectivity index (χ1n) is 10.6. The summed E-state index contributed by atoms with van der Waals surface area (Å²) < 4.78 is 6.83. The molecule has 168 valence electrons. The molecule has 7 nitrogen and oxygen atoms in total. The van der Waals surface area contributed by atoms with Crippen molar-refractivity contribution in [3.05, 3.63) is 58.0 Å². The molecule has 2 rings (SSSR count). The number of ether oxygens (including phenoxy) is 1. The van der Waals surface area contributed by atoms with Gasteiger partial charge in [0.05, 0.1) is 5.56 Å². The molecule has 1 N–H and O–H groups in total. The number of benzene rings is 1. The van der Waals surface area contributed by atoms with Gasteiger partial charge in [-0.05, 0) is 57.4 Å². The fourth-order valence-corrected chi connectivity index (χ4v) is 3.42. The van der Waals surface area contributed by atoms with Gasteiger partial charge in [0.1, 0.15) is 11.4 Å². The van der Waals surface area contributed by atoms with Crippen LogP contribution in [-0.2, 0) is 11.8 Å². The molecule has 0 radical (unpaired) electrons. The first kappa shape index (κ1) is 24.2. The van der Waals surface area contributed by atoms with Gasteiger partial charge in [0.2, 0.25) is 0 Å². The van der Waals surface area contributed by atoms with Gasteiger partial charge < -0.3 is 19.5 Å². The van der Waals surface area contributed by atoms with E-state index in [-0.39, 0.29) is 30.3 Å². The maximum Gasteiger partial charge on any atom is 0.274 e. The minimum absolute atomic E-state index is 0.00161. The van der Waals surface area contributed by atoms with Gasteiger partial charge in [0.15, 0.2) is 6.61 Å². The van der Waals surface area contributed by atoms with Crippen LogP contribution in [0.4, 0.5) is 5.69 Å². The number of nitrogens with zero attached hydrogens (tertiary/aromatic N) is 2. The summed E-state index contributed by atoms with van der Waals surface area (Å²) in [6.07, 6.45) is 1.49. The number of hydrogen-bond acceptors (Lipinski definition) is 4. The number of aromatic nitrogens is 1. The van der Waals surface area contributed by atoms with E-state index in [1.54, 1.807) is 11.9 Å². The second kappa shape index (κ2) is 10.3. The van der Waals surface area contributed by atoms with Gasteiger partial charge in [-0.25, -0.2) is 0 Å². The minimum atomic E-state index is -0.473. The van der Waals surface area contributed by atoms with Crippen LogP contribution in [0.15, 0.2) is 41.3 Å². The minimum Gasteiger partial charge on any atom is -0.484 e. The van der Waals surface area contributed by atoms with Crippen molar-refractivity contribution in [3.8, 4) is 5.75 Å². The third-order valence-electron chi connectivity index (χ3n) is 4.97. The van der Waals surface area contributed by atoms with Crippen LogP contribution in [0.25, 0.3) is 0 Å². The second-order valence-corrected chi connectivity index (χ2v) is 8.52. The quantitative estimate of drug-likeness (QED) is 0.695. The van der Waals surface area contributed by atoms with Gasteiger partial charge in [-0.2, -0.15) is 0 Å². The molecule has 0 saturated carbocycles. The van der Waals surface area contributed by atoms with Crippen molar-refractivity contribution >= 4 is 17.5 Å². The Bertz CT molecular complexity index is 967. The summed E-state index contributed by atoms with van der Waals surface area (Å²) in [6, 6.07) is 8.96. The Hall–Kier alpha value is -3.09. The van der Waals surface area contributed by atoms with Crippen molar-refractivity contribution in [1.82, 2.24) is 9.47 Å². The number of rotatable bonds is 8. The highest BCUT2D eigenvalue weighted by atomic mass is 16.5. The first-order chi connectivity index (χ1) is 14.5. The van der Waals surface area contributed by atoms with Gasteiger partial charge in [-0.1, -0.05) is 26.0 Å². The topological polar surface area (TPSA) is 80.6 Å². The maximum atomic E-state index is 13.0. The number of pyridine rings is 1. The predicted molar refractivity (Wildman–Crippen MR) is 123 cm³/mol. The number of nitrogens with one attached hydrogen (secondary N) is 1. The van der Waals surface area contributed by atoms with E-state index in [4.69, 9.17) is 4.74 Å². The molecule has 0 fully saturated rings. The molecule has 0 spiro atoms. The van der Waals surface area contributed by atoms with Gasteiger partial charge in [-0.15, -0.1) is 0 Å². The van der Waals surface area contributed by atoms with Crippen molar-refractivity contribution in [2.75, 3.05) is 11.9 Å². The number of carbonyl (C=O) groups excluding carboxylic acids is 2. The van der Waals surface area contributed by atoms with E-state index in [1.807, 2.05) is 52.0 Å². The third-order valence-corrected chi connectivity index (χ3v) is 4.97. The Morgan fingerprint density at radius 2 is 1.61 bits per heavy atom. The smallest absolute Gasteiger partial charge is 0.274 e. The monoisotopic (exact) mass is 427 g/mol. The van der Waals surface area contributed by atoms with Crippen LogP contribution in [-0.4, -0.2) is 40.0 Å². The van der Waals surface area contributed by atoms with E-state index < -0.39 is 11.5 Å². The number of amides is 2. The van der Waals surface area contributed by atoms with Crippen molar-refractivity contribution in [3.63, 3.8) is 0 Å². The number of aryl methyl sites for hydroxylation is 1. The van der Waals surface area contributed by atoms with Crippen molar-refractivity contribution < 1.29 is 14.3 Å². The standard InChI is InChI=1S/C24H33N3O4/c1-15(2)18-8-10-20(11-9-18)31-14-22(28)25-21-12-19(13-26(7)24(21)30)23(29)27(16(3)4)17(5)6/h8-13,15-17H,14H2,1-7H3,(H,25,28). The van der Waals surface area contributed by atoms with E-state index in [1.165, 1.54) is 22.4 Å².